The number of rotatable bonds is 3. The molecule has 3 aromatic heterocycles. The summed E-state index contributed by atoms with van der Waals surface area (Å²) in [6.45, 7) is 4.86. The molecule has 4 heterocycles. The molecule has 0 N–H and O–H groups in total. The van der Waals surface area contributed by atoms with E-state index < -0.39 is 8.07 Å². The van der Waals surface area contributed by atoms with Gasteiger partial charge >= 0.3 is 0 Å². The summed E-state index contributed by atoms with van der Waals surface area (Å²) in [5.74, 6) is 0.778. The van der Waals surface area contributed by atoms with Crippen molar-refractivity contribution >= 4 is 71.9 Å². The minimum Gasteiger partial charge on any atom is -0.308 e. The minimum atomic E-state index is -2.08. The molecular formula is C42H29N3SSi. The van der Waals surface area contributed by atoms with Crippen LogP contribution in [-0.4, -0.2) is 22.6 Å². The van der Waals surface area contributed by atoms with Crippen molar-refractivity contribution in [1.82, 2.24) is 14.5 Å². The van der Waals surface area contributed by atoms with Crippen molar-refractivity contribution in [2.24, 2.45) is 0 Å². The van der Waals surface area contributed by atoms with Gasteiger partial charge in [-0.2, -0.15) is 0 Å². The van der Waals surface area contributed by atoms with Crippen molar-refractivity contribution in [1.29, 1.82) is 0 Å². The van der Waals surface area contributed by atoms with E-state index in [4.69, 9.17) is 9.97 Å². The zero-order chi connectivity index (χ0) is 31.3. The molecule has 5 heteroatoms. The van der Waals surface area contributed by atoms with Crippen LogP contribution in [-0.2, 0) is 0 Å². The van der Waals surface area contributed by atoms with Crippen LogP contribution in [0.2, 0.25) is 13.1 Å². The third-order valence-corrected chi connectivity index (χ3v) is 14.5. The van der Waals surface area contributed by atoms with E-state index in [1.54, 1.807) is 0 Å². The number of nitrogens with zero attached hydrogens (tertiary/aromatic N) is 3. The lowest BCUT2D eigenvalue weighted by molar-refractivity contribution is 1.15. The molecule has 0 fully saturated rings. The number of fused-ring (bicyclic) bond motifs is 10. The van der Waals surface area contributed by atoms with E-state index >= 15 is 0 Å². The maximum absolute atomic E-state index is 5.53. The van der Waals surface area contributed by atoms with E-state index in [0.29, 0.717) is 0 Å². The van der Waals surface area contributed by atoms with Crippen LogP contribution in [0.5, 0.6) is 0 Å². The molecule has 0 radical (unpaired) electrons. The highest BCUT2D eigenvalue weighted by molar-refractivity contribution is 7.26. The van der Waals surface area contributed by atoms with Crippen molar-refractivity contribution in [2.75, 3.05) is 0 Å². The quantitative estimate of drug-likeness (QED) is 0.181. The molecule has 0 saturated heterocycles. The van der Waals surface area contributed by atoms with Gasteiger partial charge in [-0.25, -0.2) is 9.97 Å². The maximum Gasteiger partial charge on any atom is 0.161 e. The van der Waals surface area contributed by atoms with Crippen LogP contribution >= 0.6 is 11.3 Å². The molecule has 3 nitrogen and oxygen atoms in total. The molecule has 47 heavy (non-hydrogen) atoms. The van der Waals surface area contributed by atoms with Crippen LogP contribution in [0.25, 0.3) is 81.4 Å². The molecule has 9 aromatic rings. The van der Waals surface area contributed by atoms with Crippen LogP contribution in [0.3, 0.4) is 0 Å². The Morgan fingerprint density at radius 3 is 2.15 bits per heavy atom. The Balaban J connectivity index is 1.29. The largest absolute Gasteiger partial charge is 0.308 e. The van der Waals surface area contributed by atoms with E-state index in [2.05, 4.69) is 157 Å². The SMILES string of the molecule is C[Si]1(C)c2ccccc2-c2c(-c3ccccc3)nc(-c3ccccc3-n3c4ccccc4c4c5sc6ccccc6c5ccc43)nc21. The highest BCUT2D eigenvalue weighted by atomic mass is 32.1. The third-order valence-electron chi connectivity index (χ3n) is 9.98. The standard InChI is InChI=1S/C42H29N3SSi/c1-47(2)36-23-13-9-19-31(36)38-39(26-14-4-3-5-15-26)43-41(44-42(38)47)30-18-7-11-21-33(30)45-32-20-10-6-17-29(32)37-34(45)25-24-28-27-16-8-12-22-35(27)46-40(28)37/h3-25H,1-2H3. The normalized spacial score (nSPS) is 13.5. The van der Waals surface area contributed by atoms with Gasteiger partial charge in [-0.1, -0.05) is 122 Å². The van der Waals surface area contributed by atoms with E-state index in [9.17, 15) is 0 Å². The summed E-state index contributed by atoms with van der Waals surface area (Å²) in [5, 5.41) is 7.85. The van der Waals surface area contributed by atoms with E-state index in [-0.39, 0.29) is 0 Å². The van der Waals surface area contributed by atoms with E-state index in [0.717, 1.165) is 28.3 Å². The van der Waals surface area contributed by atoms with Gasteiger partial charge < -0.3 is 4.57 Å². The number of para-hydroxylation sites is 2. The first-order valence-corrected chi connectivity index (χ1v) is 19.9. The molecule has 0 atom stereocenters. The molecule has 0 spiro atoms. The average Bonchev–Trinajstić information content (AvgIpc) is 3.74. The molecule has 1 aliphatic rings. The molecule has 0 aliphatic carbocycles. The number of hydrogen-bond donors (Lipinski definition) is 0. The number of hydrogen-bond acceptors (Lipinski definition) is 3. The van der Waals surface area contributed by atoms with Gasteiger partial charge in [-0.3, -0.25) is 0 Å². The minimum absolute atomic E-state index is 0.778. The fraction of sp³-hybridized carbons (Fsp3) is 0.0476. The first kappa shape index (κ1) is 26.8. The monoisotopic (exact) mass is 635 g/mol. The molecular weight excluding hydrogens is 607 g/mol. The molecule has 6 aromatic carbocycles. The highest BCUT2D eigenvalue weighted by Crippen LogP contribution is 2.44. The van der Waals surface area contributed by atoms with Gasteiger partial charge in [0.05, 0.1) is 22.4 Å². The van der Waals surface area contributed by atoms with Crippen LogP contribution in [0.1, 0.15) is 0 Å². The van der Waals surface area contributed by atoms with Gasteiger partial charge in [-0.15, -0.1) is 11.3 Å². The van der Waals surface area contributed by atoms with Crippen molar-refractivity contribution in [3.8, 4) is 39.5 Å². The topological polar surface area (TPSA) is 30.7 Å². The zero-order valence-corrected chi connectivity index (χ0v) is 27.8. The lowest BCUT2D eigenvalue weighted by atomic mass is 10.0. The summed E-state index contributed by atoms with van der Waals surface area (Å²) < 4.78 is 5.08. The van der Waals surface area contributed by atoms with Crippen LogP contribution in [0.15, 0.2) is 140 Å². The molecule has 0 saturated carbocycles. The first-order valence-electron chi connectivity index (χ1n) is 16.1. The van der Waals surface area contributed by atoms with Gasteiger partial charge in [-0.05, 0) is 41.1 Å². The summed E-state index contributed by atoms with van der Waals surface area (Å²) in [6.07, 6.45) is 0. The second kappa shape index (κ2) is 9.82. The Morgan fingerprint density at radius 2 is 1.28 bits per heavy atom. The molecule has 0 unspecified atom stereocenters. The van der Waals surface area contributed by atoms with Gasteiger partial charge in [0.2, 0.25) is 0 Å². The highest BCUT2D eigenvalue weighted by Gasteiger charge is 2.41. The van der Waals surface area contributed by atoms with Gasteiger partial charge in [0.1, 0.15) is 8.07 Å². The lowest BCUT2D eigenvalue weighted by Crippen LogP contribution is -2.50. The Hall–Kier alpha value is -5.36. The van der Waals surface area contributed by atoms with Gasteiger partial charge in [0, 0.05) is 53.0 Å². The van der Waals surface area contributed by atoms with Gasteiger partial charge in [0.15, 0.2) is 5.82 Å². The second-order valence-electron chi connectivity index (χ2n) is 13.0. The lowest BCUT2D eigenvalue weighted by Gasteiger charge is -2.20. The number of thiophene rings is 1. The number of aromatic nitrogens is 3. The molecule has 222 valence electrons. The maximum atomic E-state index is 5.53. The summed E-state index contributed by atoms with van der Waals surface area (Å²) in [7, 11) is -2.08. The summed E-state index contributed by atoms with van der Waals surface area (Å²) in [5.41, 5.74) is 9.13. The van der Waals surface area contributed by atoms with Crippen molar-refractivity contribution < 1.29 is 0 Å². The molecule has 10 rings (SSSR count). The Labute approximate surface area is 277 Å². The molecule has 0 bridgehead atoms. The van der Waals surface area contributed by atoms with Crippen molar-refractivity contribution in [3.05, 3.63) is 140 Å². The smallest absolute Gasteiger partial charge is 0.161 e. The summed E-state index contributed by atoms with van der Waals surface area (Å²) >= 11 is 1.89. The van der Waals surface area contributed by atoms with Crippen LogP contribution in [0, 0.1) is 0 Å². The molecule has 0 amide bonds. The number of benzene rings is 6. The van der Waals surface area contributed by atoms with E-state index in [1.807, 2.05) is 11.3 Å². The zero-order valence-electron chi connectivity index (χ0n) is 26.0. The predicted molar refractivity (Wildman–Crippen MR) is 202 cm³/mol. The molecule has 1 aliphatic heterocycles. The third kappa shape index (κ3) is 3.72. The Bertz CT molecular complexity index is 2720. The van der Waals surface area contributed by atoms with Crippen LogP contribution in [0.4, 0.5) is 0 Å². The second-order valence-corrected chi connectivity index (χ2v) is 18.3. The van der Waals surface area contributed by atoms with E-state index in [1.165, 1.54) is 63.6 Å². The van der Waals surface area contributed by atoms with Crippen LogP contribution < -0.4 is 10.5 Å². The Morgan fingerprint density at radius 1 is 0.574 bits per heavy atom. The fourth-order valence-corrected chi connectivity index (χ4v) is 12.0. The summed E-state index contributed by atoms with van der Waals surface area (Å²) in [4.78, 5) is 11.0. The first-order chi connectivity index (χ1) is 23.1. The van der Waals surface area contributed by atoms with Gasteiger partial charge in [0.25, 0.3) is 0 Å². The van der Waals surface area contributed by atoms with Crippen molar-refractivity contribution in [3.63, 3.8) is 0 Å². The average molecular weight is 636 g/mol. The van der Waals surface area contributed by atoms with Crippen molar-refractivity contribution in [2.45, 2.75) is 13.1 Å². The summed E-state index contributed by atoms with van der Waals surface area (Å²) in [6, 6.07) is 50.4. The predicted octanol–water partition coefficient (Wildman–Crippen LogP) is 10.1. The fourth-order valence-electron chi connectivity index (χ4n) is 7.82. The Kier molecular flexibility index (Phi) is 5.60.